The first-order valence-corrected chi connectivity index (χ1v) is 14.4. The molecule has 1 saturated heterocycles. The molecule has 2 atom stereocenters. The second kappa shape index (κ2) is 10.8. The highest BCUT2D eigenvalue weighted by Crippen LogP contribution is 2.35. The van der Waals surface area contributed by atoms with E-state index in [9.17, 15) is 4.79 Å². The summed E-state index contributed by atoms with van der Waals surface area (Å²) in [4.78, 5) is 20.5. The van der Waals surface area contributed by atoms with Gasteiger partial charge in [0.1, 0.15) is 6.04 Å². The van der Waals surface area contributed by atoms with Crippen molar-refractivity contribution in [3.05, 3.63) is 74.0 Å². The molecule has 0 unspecified atom stereocenters. The first-order chi connectivity index (χ1) is 18.2. The van der Waals surface area contributed by atoms with E-state index in [4.69, 9.17) is 4.74 Å². The first kappa shape index (κ1) is 24.5. The molecular formula is C28H34N6O2S. The molecular weight excluding hydrogens is 484 g/mol. The zero-order valence-electron chi connectivity index (χ0n) is 21.3. The molecule has 0 radical (unpaired) electrons. The molecule has 2 fully saturated rings. The maximum absolute atomic E-state index is 13.7. The number of rotatable bonds is 9. The minimum atomic E-state index is -0.389. The van der Waals surface area contributed by atoms with Gasteiger partial charge in [-0.1, -0.05) is 31.9 Å². The molecule has 4 heterocycles. The molecule has 37 heavy (non-hydrogen) atoms. The SMILES string of the molecule is CCc1ccc2[nH]c(=O)c([C@@H](c3nnnn3C3CCCC3)N(Cc3cccs3)C[C@H]3CCCO3)cc2c1. The third-order valence-corrected chi connectivity index (χ3v) is 8.70. The van der Waals surface area contributed by atoms with E-state index in [-0.39, 0.29) is 23.7 Å². The number of hydrogen-bond acceptors (Lipinski definition) is 7. The number of aromatic amines is 1. The number of fused-ring (bicyclic) bond motifs is 1. The van der Waals surface area contributed by atoms with Gasteiger partial charge in [-0.25, -0.2) is 4.68 Å². The van der Waals surface area contributed by atoms with E-state index < -0.39 is 0 Å². The lowest BCUT2D eigenvalue weighted by Gasteiger charge is -2.33. The van der Waals surface area contributed by atoms with Crippen LogP contribution < -0.4 is 5.56 Å². The fourth-order valence-electron chi connectivity index (χ4n) is 5.90. The van der Waals surface area contributed by atoms with Crippen molar-refractivity contribution in [1.82, 2.24) is 30.1 Å². The van der Waals surface area contributed by atoms with Crippen LogP contribution in [-0.2, 0) is 17.7 Å². The molecule has 3 aromatic heterocycles. The number of aromatic nitrogens is 5. The van der Waals surface area contributed by atoms with Gasteiger partial charge in [-0.05, 0) is 83.1 Å². The Labute approximate surface area is 220 Å². The van der Waals surface area contributed by atoms with Gasteiger partial charge in [0.25, 0.3) is 5.56 Å². The number of aryl methyl sites for hydroxylation is 1. The van der Waals surface area contributed by atoms with Crippen molar-refractivity contribution in [3.8, 4) is 0 Å². The molecule has 0 bridgehead atoms. The Bertz CT molecular complexity index is 1390. The Morgan fingerprint density at radius 2 is 2.08 bits per heavy atom. The summed E-state index contributed by atoms with van der Waals surface area (Å²) in [7, 11) is 0. The monoisotopic (exact) mass is 518 g/mol. The van der Waals surface area contributed by atoms with Crippen molar-refractivity contribution in [1.29, 1.82) is 0 Å². The van der Waals surface area contributed by atoms with Gasteiger partial charge in [-0.3, -0.25) is 9.69 Å². The van der Waals surface area contributed by atoms with Crippen molar-refractivity contribution >= 4 is 22.2 Å². The zero-order valence-corrected chi connectivity index (χ0v) is 22.1. The summed E-state index contributed by atoms with van der Waals surface area (Å²) in [5.74, 6) is 0.748. The van der Waals surface area contributed by atoms with Gasteiger partial charge >= 0.3 is 0 Å². The zero-order chi connectivity index (χ0) is 25.2. The summed E-state index contributed by atoms with van der Waals surface area (Å²) in [6, 6.07) is 12.4. The van der Waals surface area contributed by atoms with E-state index in [0.29, 0.717) is 18.7 Å². The smallest absolute Gasteiger partial charge is 0.253 e. The summed E-state index contributed by atoms with van der Waals surface area (Å²) in [6.07, 6.45) is 7.65. The summed E-state index contributed by atoms with van der Waals surface area (Å²) in [6.45, 7) is 4.35. The van der Waals surface area contributed by atoms with Crippen LogP contribution in [0.1, 0.15) is 79.4 Å². The summed E-state index contributed by atoms with van der Waals surface area (Å²) >= 11 is 1.73. The molecule has 0 amide bonds. The maximum Gasteiger partial charge on any atom is 0.253 e. The molecule has 9 heteroatoms. The standard InChI is InChI=1S/C28H34N6O2S/c1-2-19-11-12-25-20(15-19)16-24(28(35)29-25)26(27-30-31-32-34(27)21-7-3-4-8-21)33(17-22-9-5-13-36-22)18-23-10-6-14-37-23/h6,10-12,14-16,21-22,26H,2-5,7-9,13,17-18H2,1H3,(H,29,35)/t22-,26+/m1/s1. The molecule has 4 aromatic rings. The molecule has 194 valence electrons. The molecule has 2 aliphatic rings. The highest BCUT2D eigenvalue weighted by atomic mass is 32.1. The van der Waals surface area contributed by atoms with Crippen LogP contribution in [0, 0.1) is 0 Å². The van der Waals surface area contributed by atoms with Crippen molar-refractivity contribution in [3.63, 3.8) is 0 Å². The van der Waals surface area contributed by atoms with Gasteiger partial charge in [0.2, 0.25) is 0 Å². The van der Waals surface area contributed by atoms with Crippen LogP contribution in [0.5, 0.6) is 0 Å². The number of pyridine rings is 1. The second-order valence-electron chi connectivity index (χ2n) is 10.3. The molecule has 1 aromatic carbocycles. The van der Waals surface area contributed by atoms with Gasteiger partial charge in [-0.2, -0.15) is 0 Å². The van der Waals surface area contributed by atoms with E-state index in [0.717, 1.165) is 55.4 Å². The quantitative estimate of drug-likeness (QED) is 0.335. The second-order valence-corrected chi connectivity index (χ2v) is 11.3. The third kappa shape index (κ3) is 5.12. The molecule has 1 saturated carbocycles. The lowest BCUT2D eigenvalue weighted by molar-refractivity contribution is 0.0574. The van der Waals surface area contributed by atoms with Gasteiger partial charge in [0, 0.05) is 35.7 Å². The molecule has 0 spiro atoms. The number of hydrogen-bond donors (Lipinski definition) is 1. The average Bonchev–Trinajstić information content (AvgIpc) is 3.73. The van der Waals surface area contributed by atoms with E-state index in [1.807, 2.05) is 10.7 Å². The largest absolute Gasteiger partial charge is 0.377 e. The Kier molecular flexibility index (Phi) is 7.17. The van der Waals surface area contributed by atoms with Crippen LogP contribution in [0.2, 0.25) is 0 Å². The van der Waals surface area contributed by atoms with Crippen LogP contribution in [-0.4, -0.2) is 49.3 Å². The summed E-state index contributed by atoms with van der Waals surface area (Å²) in [5, 5.41) is 16.3. The van der Waals surface area contributed by atoms with Crippen LogP contribution >= 0.6 is 11.3 Å². The maximum atomic E-state index is 13.7. The highest BCUT2D eigenvalue weighted by Gasteiger charge is 2.35. The number of benzene rings is 1. The summed E-state index contributed by atoms with van der Waals surface area (Å²) < 4.78 is 8.08. The Morgan fingerprint density at radius 1 is 1.19 bits per heavy atom. The topological polar surface area (TPSA) is 88.9 Å². The lowest BCUT2D eigenvalue weighted by Crippen LogP contribution is -2.39. The minimum Gasteiger partial charge on any atom is -0.377 e. The Balaban J connectivity index is 1.50. The van der Waals surface area contributed by atoms with Crippen molar-refractivity contribution in [2.24, 2.45) is 0 Å². The van der Waals surface area contributed by atoms with Gasteiger partial charge in [0.05, 0.1) is 12.1 Å². The third-order valence-electron chi connectivity index (χ3n) is 7.84. The summed E-state index contributed by atoms with van der Waals surface area (Å²) in [5.41, 5.74) is 2.69. The number of thiophene rings is 1. The Morgan fingerprint density at radius 3 is 2.84 bits per heavy atom. The molecule has 6 rings (SSSR count). The molecule has 1 aliphatic carbocycles. The van der Waals surface area contributed by atoms with Gasteiger partial charge in [-0.15, -0.1) is 16.4 Å². The van der Waals surface area contributed by atoms with E-state index >= 15 is 0 Å². The number of ether oxygens (including phenoxy) is 1. The van der Waals surface area contributed by atoms with Crippen LogP contribution in [0.25, 0.3) is 10.9 Å². The lowest BCUT2D eigenvalue weighted by atomic mass is 10.0. The molecule has 1 aliphatic heterocycles. The van der Waals surface area contributed by atoms with Crippen LogP contribution in [0.15, 0.2) is 46.6 Å². The fraction of sp³-hybridized carbons (Fsp3) is 0.500. The van der Waals surface area contributed by atoms with Crippen LogP contribution in [0.3, 0.4) is 0 Å². The van der Waals surface area contributed by atoms with Crippen molar-refractivity contribution in [2.45, 2.75) is 76.6 Å². The van der Waals surface area contributed by atoms with E-state index in [1.165, 1.54) is 23.3 Å². The van der Waals surface area contributed by atoms with Crippen molar-refractivity contribution in [2.75, 3.05) is 13.2 Å². The van der Waals surface area contributed by atoms with Crippen molar-refractivity contribution < 1.29 is 4.74 Å². The minimum absolute atomic E-state index is 0.0914. The number of nitrogens with zero attached hydrogens (tertiary/aromatic N) is 5. The number of H-pyrrole nitrogens is 1. The number of nitrogens with one attached hydrogen (secondary N) is 1. The molecule has 8 nitrogen and oxygen atoms in total. The van der Waals surface area contributed by atoms with E-state index in [1.54, 1.807) is 11.3 Å². The van der Waals surface area contributed by atoms with Gasteiger partial charge < -0.3 is 9.72 Å². The average molecular weight is 519 g/mol. The fourth-order valence-corrected chi connectivity index (χ4v) is 6.63. The predicted octanol–water partition coefficient (Wildman–Crippen LogP) is 5.02. The normalized spacial score (nSPS) is 19.4. The number of tetrazole rings is 1. The molecule has 1 N–H and O–H groups in total. The first-order valence-electron chi connectivity index (χ1n) is 13.5. The van der Waals surface area contributed by atoms with Gasteiger partial charge in [0.15, 0.2) is 5.82 Å². The highest BCUT2D eigenvalue weighted by molar-refractivity contribution is 7.09. The van der Waals surface area contributed by atoms with E-state index in [2.05, 4.69) is 68.0 Å². The van der Waals surface area contributed by atoms with Crippen LogP contribution in [0.4, 0.5) is 0 Å². The Hall–Kier alpha value is -2.88. The predicted molar refractivity (Wildman–Crippen MR) is 145 cm³/mol.